The number of nitrogens with zero attached hydrogens (tertiary/aromatic N) is 3. The Balaban J connectivity index is 1.51. The highest BCUT2D eigenvalue weighted by atomic mass is 16.4. The van der Waals surface area contributed by atoms with Crippen LogP contribution < -0.4 is 16.4 Å². The van der Waals surface area contributed by atoms with Crippen LogP contribution in [-0.4, -0.2) is 27.6 Å². The van der Waals surface area contributed by atoms with Crippen LogP contribution in [0.3, 0.4) is 0 Å². The molecule has 1 aliphatic heterocycles. The van der Waals surface area contributed by atoms with E-state index in [4.69, 9.17) is 11.5 Å². The van der Waals surface area contributed by atoms with Gasteiger partial charge in [0.1, 0.15) is 5.82 Å². The van der Waals surface area contributed by atoms with E-state index in [2.05, 4.69) is 33.1 Å². The van der Waals surface area contributed by atoms with Crippen molar-refractivity contribution in [3.8, 4) is 11.1 Å². The second-order valence-electron chi connectivity index (χ2n) is 7.67. The summed E-state index contributed by atoms with van der Waals surface area (Å²) in [5.74, 6) is -0.338. The van der Waals surface area contributed by atoms with E-state index in [1.807, 2.05) is 24.3 Å². The first-order valence-electron chi connectivity index (χ1n) is 10.0. The van der Waals surface area contributed by atoms with Gasteiger partial charge in [-0.1, -0.05) is 36.4 Å². The van der Waals surface area contributed by atoms with E-state index in [1.165, 1.54) is 5.56 Å². The number of carboxylic acid groups (broad SMARTS) is 1. The molecule has 0 saturated carbocycles. The third-order valence-electron chi connectivity index (χ3n) is 5.81. The summed E-state index contributed by atoms with van der Waals surface area (Å²) in [5.41, 5.74) is 17.3. The van der Waals surface area contributed by atoms with E-state index < -0.39 is 5.97 Å². The number of carboxylic acids is 1. The van der Waals surface area contributed by atoms with Gasteiger partial charge in [0, 0.05) is 30.5 Å². The van der Waals surface area contributed by atoms with Gasteiger partial charge in [0.25, 0.3) is 0 Å². The maximum absolute atomic E-state index is 11.6. The summed E-state index contributed by atoms with van der Waals surface area (Å²) < 4.78 is 0. The van der Waals surface area contributed by atoms with Gasteiger partial charge in [-0.25, -0.2) is 9.78 Å². The van der Waals surface area contributed by atoms with Gasteiger partial charge in [0.15, 0.2) is 0 Å². The third kappa shape index (κ3) is 3.30. The topological polar surface area (TPSA) is 118 Å². The van der Waals surface area contributed by atoms with Crippen molar-refractivity contribution in [2.24, 2.45) is 0 Å². The number of carbonyl (C=O) groups is 1. The van der Waals surface area contributed by atoms with Crippen molar-refractivity contribution >= 4 is 34.2 Å². The van der Waals surface area contributed by atoms with E-state index in [-0.39, 0.29) is 5.95 Å². The molecule has 31 heavy (non-hydrogen) atoms. The number of anilines is 3. The highest BCUT2D eigenvalue weighted by molar-refractivity contribution is 6.08. The second-order valence-corrected chi connectivity index (χ2v) is 7.67. The van der Waals surface area contributed by atoms with Gasteiger partial charge in [0.05, 0.1) is 5.56 Å². The lowest BCUT2D eigenvalue weighted by atomic mass is 9.94. The highest BCUT2D eigenvalue weighted by Gasteiger charge is 2.21. The summed E-state index contributed by atoms with van der Waals surface area (Å²) in [6.07, 6.45) is 2.60. The Morgan fingerprint density at radius 2 is 1.87 bits per heavy atom. The smallest absolute Gasteiger partial charge is 0.336 e. The lowest BCUT2D eigenvalue weighted by molar-refractivity contribution is 0.0699. The minimum absolute atomic E-state index is 0.175. The van der Waals surface area contributed by atoms with Crippen LogP contribution in [-0.2, 0) is 13.0 Å². The van der Waals surface area contributed by atoms with Crippen molar-refractivity contribution in [3.63, 3.8) is 0 Å². The minimum Gasteiger partial charge on any atom is -0.478 e. The highest BCUT2D eigenvalue weighted by Crippen LogP contribution is 2.36. The van der Waals surface area contributed by atoms with Crippen molar-refractivity contribution in [1.29, 1.82) is 0 Å². The van der Waals surface area contributed by atoms with E-state index in [0.717, 1.165) is 46.1 Å². The molecule has 154 valence electrons. The summed E-state index contributed by atoms with van der Waals surface area (Å²) >= 11 is 0. The van der Waals surface area contributed by atoms with Crippen molar-refractivity contribution in [1.82, 2.24) is 9.97 Å². The number of aromatic carboxylic acids is 1. The van der Waals surface area contributed by atoms with Gasteiger partial charge in [-0.2, -0.15) is 4.98 Å². The number of aromatic nitrogens is 2. The molecule has 0 bridgehead atoms. The zero-order chi connectivity index (χ0) is 21.5. The van der Waals surface area contributed by atoms with Crippen LogP contribution in [0.25, 0.3) is 21.9 Å². The molecule has 0 radical (unpaired) electrons. The molecule has 0 atom stereocenters. The zero-order valence-electron chi connectivity index (χ0n) is 16.7. The van der Waals surface area contributed by atoms with Crippen LogP contribution in [0.2, 0.25) is 0 Å². The summed E-state index contributed by atoms with van der Waals surface area (Å²) in [5, 5.41) is 11.2. The van der Waals surface area contributed by atoms with Crippen LogP contribution in [0, 0.1) is 0 Å². The summed E-state index contributed by atoms with van der Waals surface area (Å²) in [7, 11) is 0. The molecule has 0 saturated heterocycles. The van der Waals surface area contributed by atoms with E-state index >= 15 is 0 Å². The third-order valence-corrected chi connectivity index (χ3v) is 5.81. The number of fused-ring (bicyclic) bond motifs is 2. The molecule has 4 aromatic rings. The Morgan fingerprint density at radius 3 is 2.68 bits per heavy atom. The summed E-state index contributed by atoms with van der Waals surface area (Å²) in [6, 6.07) is 17.6. The Labute approximate surface area is 179 Å². The van der Waals surface area contributed by atoms with E-state index in [1.54, 1.807) is 18.3 Å². The Bertz CT molecular complexity index is 1340. The summed E-state index contributed by atoms with van der Waals surface area (Å²) in [6.45, 7) is 1.50. The lowest BCUT2D eigenvalue weighted by Gasteiger charge is -2.20. The molecule has 0 fully saturated rings. The molecule has 0 unspecified atom stereocenters. The molecular weight excluding hydrogens is 390 g/mol. The molecule has 7 nitrogen and oxygen atoms in total. The number of benzene rings is 3. The standard InChI is InChI=1S/C24H21N5O2/c25-22-16(12-27-24(26)28-22)13-29-10-9-15-11-14(7-8-21(15)29)17-3-1-5-19-18(17)4-2-6-20(19)23(30)31/h1-8,11-12H,9-10,13H2,(H,30,31)(H4,25,26,27,28). The van der Waals surface area contributed by atoms with Gasteiger partial charge in [-0.05, 0) is 52.1 Å². The van der Waals surface area contributed by atoms with Crippen LogP contribution in [0.15, 0.2) is 60.8 Å². The van der Waals surface area contributed by atoms with Gasteiger partial charge < -0.3 is 21.5 Å². The van der Waals surface area contributed by atoms with Crippen LogP contribution >= 0.6 is 0 Å². The molecule has 3 aromatic carbocycles. The largest absolute Gasteiger partial charge is 0.478 e. The maximum atomic E-state index is 11.6. The predicted molar refractivity (Wildman–Crippen MR) is 122 cm³/mol. The Kier molecular flexibility index (Phi) is 4.43. The average molecular weight is 411 g/mol. The Morgan fingerprint density at radius 1 is 1.06 bits per heavy atom. The summed E-state index contributed by atoms with van der Waals surface area (Å²) in [4.78, 5) is 22.0. The molecule has 0 amide bonds. The van der Waals surface area contributed by atoms with Gasteiger partial charge in [-0.15, -0.1) is 0 Å². The fourth-order valence-corrected chi connectivity index (χ4v) is 4.31. The normalized spacial score (nSPS) is 12.8. The molecule has 2 heterocycles. The molecule has 5 rings (SSSR count). The van der Waals surface area contributed by atoms with Gasteiger partial charge >= 0.3 is 5.97 Å². The average Bonchev–Trinajstić information content (AvgIpc) is 3.16. The van der Waals surface area contributed by atoms with E-state index in [9.17, 15) is 9.90 Å². The van der Waals surface area contributed by atoms with Gasteiger partial charge in [-0.3, -0.25) is 0 Å². The SMILES string of the molecule is Nc1ncc(CN2CCc3cc(-c4cccc5c(C(=O)O)cccc45)ccc32)c(N)n1. The van der Waals surface area contributed by atoms with Crippen molar-refractivity contribution in [3.05, 3.63) is 77.5 Å². The number of nitrogens with two attached hydrogens (primary N) is 2. The fourth-order valence-electron chi connectivity index (χ4n) is 4.31. The molecule has 0 aliphatic carbocycles. The van der Waals surface area contributed by atoms with Crippen LogP contribution in [0.4, 0.5) is 17.5 Å². The van der Waals surface area contributed by atoms with Crippen LogP contribution in [0.5, 0.6) is 0 Å². The first kappa shape index (κ1) is 18.9. The first-order valence-corrected chi connectivity index (χ1v) is 10.0. The first-order chi connectivity index (χ1) is 15.0. The molecule has 7 heteroatoms. The predicted octanol–water partition coefficient (Wildman–Crippen LogP) is 3.72. The molecule has 0 spiro atoms. The van der Waals surface area contributed by atoms with E-state index in [0.29, 0.717) is 17.9 Å². The maximum Gasteiger partial charge on any atom is 0.336 e. The fraction of sp³-hybridized carbons (Fsp3) is 0.125. The second kappa shape index (κ2) is 7.28. The molecule has 1 aromatic heterocycles. The van der Waals surface area contributed by atoms with Crippen molar-refractivity contribution in [2.75, 3.05) is 22.9 Å². The number of rotatable bonds is 4. The van der Waals surface area contributed by atoms with Crippen molar-refractivity contribution < 1.29 is 9.90 Å². The van der Waals surface area contributed by atoms with Gasteiger partial charge in [0.2, 0.25) is 5.95 Å². The minimum atomic E-state index is -0.918. The quantitative estimate of drug-likeness (QED) is 0.468. The zero-order valence-corrected chi connectivity index (χ0v) is 16.7. The number of hydrogen-bond acceptors (Lipinski definition) is 6. The molecule has 5 N–H and O–H groups in total. The molecular formula is C24H21N5O2. The van der Waals surface area contributed by atoms with Crippen molar-refractivity contribution in [2.45, 2.75) is 13.0 Å². The number of nitrogen functional groups attached to an aromatic ring is 2. The number of hydrogen-bond donors (Lipinski definition) is 3. The lowest BCUT2D eigenvalue weighted by Crippen LogP contribution is -2.21. The monoisotopic (exact) mass is 411 g/mol. The Hall–Kier alpha value is -4.13. The molecule has 1 aliphatic rings. The van der Waals surface area contributed by atoms with Crippen LogP contribution in [0.1, 0.15) is 21.5 Å².